The van der Waals surface area contributed by atoms with Crippen molar-refractivity contribution >= 4 is 52.4 Å². The van der Waals surface area contributed by atoms with Gasteiger partial charge < -0.3 is 9.80 Å². The summed E-state index contributed by atoms with van der Waals surface area (Å²) in [6, 6.07) is 14.1. The topological polar surface area (TPSA) is 78.0 Å². The Morgan fingerprint density at radius 3 is 2.59 bits per heavy atom. The second-order valence-electron chi connectivity index (χ2n) is 9.12. The summed E-state index contributed by atoms with van der Waals surface area (Å²) in [7, 11) is 0. The minimum absolute atomic E-state index is 0.102. The Bertz CT molecular complexity index is 1240. The molecule has 2 aliphatic rings. The molecule has 37 heavy (non-hydrogen) atoms. The number of carbonyl (C=O) groups is 4. The van der Waals surface area contributed by atoms with Crippen LogP contribution in [0.5, 0.6) is 0 Å². The van der Waals surface area contributed by atoms with E-state index in [2.05, 4.69) is 0 Å². The van der Waals surface area contributed by atoms with Crippen molar-refractivity contribution in [3.05, 3.63) is 75.1 Å². The number of rotatable bonds is 7. The van der Waals surface area contributed by atoms with Crippen molar-refractivity contribution in [1.29, 1.82) is 0 Å². The Hall–Kier alpha value is -3.10. The molecule has 2 heterocycles. The average Bonchev–Trinajstić information content (AvgIpc) is 3.16. The molecule has 4 rings (SSSR count). The second kappa shape index (κ2) is 12.0. The molecule has 2 saturated heterocycles. The van der Waals surface area contributed by atoms with E-state index < -0.39 is 0 Å². The Labute approximate surface area is 226 Å². The SMILES string of the molecule is CCN(CC)C(=O)C1CCCN(C(=O)c2cccc(C=C3SC(=O)N(Cc4cccc(Cl)c4)C3=O)c2)C1. The molecule has 0 N–H and O–H groups in total. The third-order valence-corrected chi connectivity index (χ3v) is 7.81. The van der Waals surface area contributed by atoms with Gasteiger partial charge in [-0.2, -0.15) is 0 Å². The minimum Gasteiger partial charge on any atom is -0.343 e. The molecular weight excluding hydrogens is 510 g/mol. The highest BCUT2D eigenvalue weighted by Gasteiger charge is 2.35. The summed E-state index contributed by atoms with van der Waals surface area (Å²) in [5.74, 6) is -0.599. The highest BCUT2D eigenvalue weighted by Crippen LogP contribution is 2.33. The van der Waals surface area contributed by atoms with Crippen molar-refractivity contribution in [2.45, 2.75) is 33.2 Å². The first-order valence-electron chi connectivity index (χ1n) is 12.5. The van der Waals surface area contributed by atoms with Crippen LogP contribution in [0.15, 0.2) is 53.4 Å². The van der Waals surface area contributed by atoms with Crippen molar-refractivity contribution in [2.24, 2.45) is 5.92 Å². The first kappa shape index (κ1) is 26.9. The van der Waals surface area contributed by atoms with Gasteiger partial charge in [-0.3, -0.25) is 24.1 Å². The fourth-order valence-corrected chi connectivity index (χ4v) is 5.76. The molecule has 7 nitrogen and oxygen atoms in total. The van der Waals surface area contributed by atoms with Gasteiger partial charge in [-0.15, -0.1) is 0 Å². The summed E-state index contributed by atoms with van der Waals surface area (Å²) >= 11 is 6.91. The Kier molecular flexibility index (Phi) is 8.71. The number of hydrogen-bond donors (Lipinski definition) is 0. The first-order valence-corrected chi connectivity index (χ1v) is 13.7. The van der Waals surface area contributed by atoms with Crippen LogP contribution in [0.1, 0.15) is 48.2 Å². The van der Waals surface area contributed by atoms with Crippen molar-refractivity contribution < 1.29 is 19.2 Å². The number of imide groups is 1. The normalized spacial score (nSPS) is 19.0. The van der Waals surface area contributed by atoms with Gasteiger partial charge in [0.15, 0.2) is 0 Å². The molecule has 4 amide bonds. The molecule has 2 fully saturated rings. The lowest BCUT2D eigenvalue weighted by atomic mass is 9.95. The van der Waals surface area contributed by atoms with Crippen LogP contribution >= 0.6 is 23.4 Å². The van der Waals surface area contributed by atoms with Crippen molar-refractivity contribution in [2.75, 3.05) is 26.2 Å². The second-order valence-corrected chi connectivity index (χ2v) is 10.6. The predicted molar refractivity (Wildman–Crippen MR) is 146 cm³/mol. The fraction of sp³-hybridized carbons (Fsp3) is 0.357. The maximum absolute atomic E-state index is 13.3. The summed E-state index contributed by atoms with van der Waals surface area (Å²) < 4.78 is 0. The van der Waals surface area contributed by atoms with Gasteiger partial charge in [0.25, 0.3) is 17.1 Å². The van der Waals surface area contributed by atoms with Gasteiger partial charge in [0.05, 0.1) is 17.4 Å². The summed E-state index contributed by atoms with van der Waals surface area (Å²) in [6.45, 7) is 6.39. The molecule has 2 aromatic carbocycles. The Morgan fingerprint density at radius 1 is 1.11 bits per heavy atom. The lowest BCUT2D eigenvalue weighted by Gasteiger charge is -2.34. The predicted octanol–water partition coefficient (Wildman–Crippen LogP) is 5.30. The van der Waals surface area contributed by atoms with Gasteiger partial charge in [-0.1, -0.05) is 35.9 Å². The van der Waals surface area contributed by atoms with Crippen LogP contribution in [0.4, 0.5) is 4.79 Å². The summed E-state index contributed by atoms with van der Waals surface area (Å²) in [4.78, 5) is 56.7. The van der Waals surface area contributed by atoms with Crippen LogP contribution < -0.4 is 0 Å². The van der Waals surface area contributed by atoms with Gasteiger partial charge in [0.2, 0.25) is 5.91 Å². The number of thioether (sulfide) groups is 1. The highest BCUT2D eigenvalue weighted by molar-refractivity contribution is 8.18. The maximum Gasteiger partial charge on any atom is 0.293 e. The summed E-state index contributed by atoms with van der Waals surface area (Å²) in [5.41, 5.74) is 1.91. The van der Waals surface area contributed by atoms with Gasteiger partial charge in [0.1, 0.15) is 0 Å². The molecule has 0 aromatic heterocycles. The van der Waals surface area contributed by atoms with Crippen LogP contribution in [0, 0.1) is 5.92 Å². The van der Waals surface area contributed by atoms with Gasteiger partial charge in [-0.25, -0.2) is 0 Å². The van der Waals surface area contributed by atoms with E-state index in [9.17, 15) is 19.2 Å². The molecule has 0 spiro atoms. The van der Waals surface area contributed by atoms with E-state index >= 15 is 0 Å². The zero-order valence-corrected chi connectivity index (χ0v) is 22.6. The zero-order chi connectivity index (χ0) is 26.5. The van der Waals surface area contributed by atoms with E-state index in [1.807, 2.05) is 24.8 Å². The quantitative estimate of drug-likeness (QED) is 0.446. The summed E-state index contributed by atoms with van der Waals surface area (Å²) in [5, 5.41) is 0.194. The number of carbonyl (C=O) groups excluding carboxylic acids is 4. The molecule has 0 aliphatic carbocycles. The van der Waals surface area contributed by atoms with Crippen LogP contribution in [0.2, 0.25) is 5.02 Å². The minimum atomic E-state index is -0.375. The van der Waals surface area contributed by atoms with Crippen molar-refractivity contribution in [1.82, 2.24) is 14.7 Å². The smallest absolute Gasteiger partial charge is 0.293 e. The van der Waals surface area contributed by atoms with Crippen molar-refractivity contribution in [3.8, 4) is 0 Å². The maximum atomic E-state index is 13.3. The highest BCUT2D eigenvalue weighted by atomic mass is 35.5. The fourth-order valence-electron chi connectivity index (χ4n) is 4.71. The van der Waals surface area contributed by atoms with Gasteiger partial charge >= 0.3 is 0 Å². The van der Waals surface area contributed by atoms with Gasteiger partial charge in [-0.05, 0) is 79.9 Å². The molecule has 9 heteroatoms. The number of benzene rings is 2. The molecule has 1 unspecified atom stereocenters. The monoisotopic (exact) mass is 539 g/mol. The lowest BCUT2D eigenvalue weighted by molar-refractivity contribution is -0.136. The molecule has 0 radical (unpaired) electrons. The molecule has 2 aliphatic heterocycles. The number of halogens is 1. The Morgan fingerprint density at radius 2 is 1.86 bits per heavy atom. The molecule has 194 valence electrons. The standard InChI is InChI=1S/C28H30ClN3O4S/c1-3-30(4-2)26(34)22-11-7-13-31(18-22)25(33)21-10-5-8-19(14-21)16-24-27(35)32(28(36)37-24)17-20-9-6-12-23(29)15-20/h5-6,8-10,12,14-16,22H,3-4,7,11,13,17-18H2,1-2H3. The molecular formula is C28H30ClN3O4S. The number of likely N-dealkylation sites (tertiary alicyclic amines) is 1. The largest absolute Gasteiger partial charge is 0.343 e. The number of piperidine rings is 1. The van der Waals surface area contributed by atoms with E-state index in [0.717, 1.165) is 30.2 Å². The summed E-state index contributed by atoms with van der Waals surface area (Å²) in [6.07, 6.45) is 3.20. The third-order valence-electron chi connectivity index (χ3n) is 6.67. The Balaban J connectivity index is 1.47. The molecule has 1 atom stereocenters. The number of nitrogens with zero attached hydrogens (tertiary/aromatic N) is 3. The van der Waals surface area contributed by atoms with E-state index in [4.69, 9.17) is 11.6 Å². The van der Waals surface area contributed by atoms with E-state index in [1.165, 1.54) is 4.90 Å². The van der Waals surface area contributed by atoms with Crippen LogP contribution in [-0.2, 0) is 16.1 Å². The molecule has 2 aromatic rings. The van der Waals surface area contributed by atoms with Crippen LogP contribution in [-0.4, -0.2) is 63.8 Å². The molecule has 0 saturated carbocycles. The van der Waals surface area contributed by atoms with E-state index in [-0.39, 0.29) is 35.4 Å². The van der Waals surface area contributed by atoms with Crippen LogP contribution in [0.3, 0.4) is 0 Å². The van der Waals surface area contributed by atoms with E-state index in [0.29, 0.717) is 47.2 Å². The average molecular weight is 540 g/mol. The van der Waals surface area contributed by atoms with E-state index in [1.54, 1.807) is 53.4 Å². The molecule has 0 bridgehead atoms. The lowest BCUT2D eigenvalue weighted by Crippen LogP contribution is -2.46. The third kappa shape index (κ3) is 6.25. The van der Waals surface area contributed by atoms with Crippen LogP contribution in [0.25, 0.3) is 6.08 Å². The first-order chi connectivity index (χ1) is 17.8. The van der Waals surface area contributed by atoms with Crippen molar-refractivity contribution in [3.63, 3.8) is 0 Å². The number of hydrogen-bond acceptors (Lipinski definition) is 5. The zero-order valence-electron chi connectivity index (χ0n) is 21.0. The number of amides is 4. The van der Waals surface area contributed by atoms with Gasteiger partial charge in [0, 0.05) is 36.8 Å².